The van der Waals surface area contributed by atoms with Gasteiger partial charge in [-0.3, -0.25) is 0 Å². The molecular weight excluding hydrogens is 500 g/mol. The SMILES string of the molecule is C=C(C)[C@@H]1C[C@@H](c2ccc(Cl)cc2)[C@@H](C)O[C@H]1c1cc(Oc2cc(C)cc(C)c2C)ccc1OCC(=O)O. The number of ether oxygens (including phenoxy) is 3. The summed E-state index contributed by atoms with van der Waals surface area (Å²) in [6.07, 6.45) is 0.344. The third kappa shape index (κ3) is 6.23. The molecule has 4 rings (SSSR count). The van der Waals surface area contributed by atoms with Crippen LogP contribution in [-0.2, 0) is 9.53 Å². The minimum Gasteiger partial charge on any atom is -0.482 e. The lowest BCUT2D eigenvalue weighted by molar-refractivity contribution is -0.139. The van der Waals surface area contributed by atoms with Crippen molar-refractivity contribution in [2.24, 2.45) is 5.92 Å². The maximum Gasteiger partial charge on any atom is 0.341 e. The molecule has 0 aromatic heterocycles. The van der Waals surface area contributed by atoms with E-state index in [9.17, 15) is 9.90 Å². The number of hydrogen-bond acceptors (Lipinski definition) is 4. The summed E-state index contributed by atoms with van der Waals surface area (Å²) in [5.41, 5.74) is 6.24. The topological polar surface area (TPSA) is 65.0 Å². The molecule has 0 aliphatic carbocycles. The number of rotatable bonds is 8. The van der Waals surface area contributed by atoms with Crippen LogP contribution in [0.15, 0.2) is 66.7 Å². The largest absolute Gasteiger partial charge is 0.482 e. The molecule has 1 saturated heterocycles. The van der Waals surface area contributed by atoms with E-state index < -0.39 is 12.6 Å². The lowest BCUT2D eigenvalue weighted by Crippen LogP contribution is -2.34. The van der Waals surface area contributed by atoms with Crippen molar-refractivity contribution in [3.8, 4) is 17.2 Å². The van der Waals surface area contributed by atoms with Gasteiger partial charge in [-0.25, -0.2) is 4.79 Å². The molecule has 0 unspecified atom stereocenters. The van der Waals surface area contributed by atoms with Crippen molar-refractivity contribution in [3.63, 3.8) is 0 Å². The Balaban J connectivity index is 1.72. The standard InChI is InChI=1S/C32H35ClO5/c1-18(2)26-16-27(23-7-9-24(33)10-8-23)22(6)37-32(26)28-15-25(11-12-29(28)36-17-31(34)35)38-30-14-19(3)13-20(4)21(30)5/h7-15,22,26-27,32H,1,16-17H2,2-6H3,(H,34,35)/t22-,26+,27-,32-/m1/s1. The van der Waals surface area contributed by atoms with Gasteiger partial charge in [0.1, 0.15) is 17.2 Å². The molecule has 3 aromatic carbocycles. The van der Waals surface area contributed by atoms with Gasteiger partial charge < -0.3 is 19.3 Å². The maximum atomic E-state index is 11.3. The van der Waals surface area contributed by atoms with E-state index in [1.165, 1.54) is 0 Å². The number of halogens is 1. The number of aryl methyl sites for hydroxylation is 2. The number of aliphatic carboxylic acids is 1. The minimum absolute atomic E-state index is 0.0164. The summed E-state index contributed by atoms with van der Waals surface area (Å²) in [7, 11) is 0. The number of benzene rings is 3. The molecule has 5 nitrogen and oxygen atoms in total. The molecule has 0 saturated carbocycles. The predicted octanol–water partition coefficient (Wildman–Crippen LogP) is 8.35. The molecule has 0 radical (unpaired) electrons. The van der Waals surface area contributed by atoms with Gasteiger partial charge in [0, 0.05) is 22.4 Å². The van der Waals surface area contributed by atoms with Crippen LogP contribution in [0.25, 0.3) is 0 Å². The van der Waals surface area contributed by atoms with Gasteiger partial charge >= 0.3 is 5.97 Å². The van der Waals surface area contributed by atoms with Crippen molar-refractivity contribution in [2.75, 3.05) is 6.61 Å². The van der Waals surface area contributed by atoms with Crippen LogP contribution >= 0.6 is 11.6 Å². The maximum absolute atomic E-state index is 11.3. The normalized spacial score (nSPS) is 21.1. The van der Waals surface area contributed by atoms with Crippen molar-refractivity contribution in [2.45, 2.75) is 59.2 Å². The highest BCUT2D eigenvalue weighted by molar-refractivity contribution is 6.30. The van der Waals surface area contributed by atoms with Crippen molar-refractivity contribution in [1.82, 2.24) is 0 Å². The first kappa shape index (κ1) is 27.7. The summed E-state index contributed by atoms with van der Waals surface area (Å²) in [5.74, 6) is 0.977. The second-order valence-electron chi connectivity index (χ2n) is 10.3. The fraction of sp³-hybridized carbons (Fsp3) is 0.344. The first-order chi connectivity index (χ1) is 18.0. The summed E-state index contributed by atoms with van der Waals surface area (Å²) in [6, 6.07) is 17.5. The van der Waals surface area contributed by atoms with Gasteiger partial charge in [0.15, 0.2) is 6.61 Å². The fourth-order valence-corrected chi connectivity index (χ4v) is 5.32. The Labute approximate surface area is 230 Å². The Morgan fingerprint density at radius 3 is 2.45 bits per heavy atom. The van der Waals surface area contributed by atoms with Crippen LogP contribution in [-0.4, -0.2) is 23.8 Å². The van der Waals surface area contributed by atoms with Crippen LogP contribution in [0.3, 0.4) is 0 Å². The molecule has 0 amide bonds. The molecule has 38 heavy (non-hydrogen) atoms. The summed E-state index contributed by atoms with van der Waals surface area (Å²) in [6.45, 7) is 14.0. The fourth-order valence-electron chi connectivity index (χ4n) is 5.19. The van der Waals surface area contributed by atoms with Crippen molar-refractivity contribution < 1.29 is 24.1 Å². The molecule has 6 heteroatoms. The van der Waals surface area contributed by atoms with Crippen LogP contribution in [0, 0.1) is 26.7 Å². The average molecular weight is 535 g/mol. The molecule has 0 spiro atoms. The Bertz CT molecular complexity index is 1330. The van der Waals surface area contributed by atoms with Crippen LogP contribution in [0.5, 0.6) is 17.2 Å². The molecule has 0 bridgehead atoms. The number of hydrogen-bond donors (Lipinski definition) is 1. The second kappa shape index (κ2) is 11.6. The summed E-state index contributed by atoms with van der Waals surface area (Å²) in [5, 5.41) is 9.96. The first-order valence-corrected chi connectivity index (χ1v) is 13.2. The van der Waals surface area contributed by atoms with E-state index in [2.05, 4.69) is 26.5 Å². The Morgan fingerprint density at radius 2 is 1.79 bits per heavy atom. The van der Waals surface area contributed by atoms with E-state index in [1.807, 2.05) is 57.2 Å². The Hall–Kier alpha value is -3.28. The summed E-state index contributed by atoms with van der Waals surface area (Å²) in [4.78, 5) is 11.3. The summed E-state index contributed by atoms with van der Waals surface area (Å²) < 4.78 is 18.8. The lowest BCUT2D eigenvalue weighted by atomic mass is 9.76. The van der Waals surface area contributed by atoms with E-state index >= 15 is 0 Å². The van der Waals surface area contributed by atoms with Gasteiger partial charge in [0.2, 0.25) is 0 Å². The van der Waals surface area contributed by atoms with Crippen molar-refractivity contribution in [3.05, 3.63) is 99.6 Å². The van der Waals surface area contributed by atoms with Crippen molar-refractivity contribution >= 4 is 17.6 Å². The van der Waals surface area contributed by atoms with Gasteiger partial charge in [-0.15, -0.1) is 0 Å². The summed E-state index contributed by atoms with van der Waals surface area (Å²) >= 11 is 6.13. The molecular formula is C32H35ClO5. The van der Waals surface area contributed by atoms with Gasteiger partial charge in [-0.05, 0) is 99.7 Å². The molecule has 1 heterocycles. The van der Waals surface area contributed by atoms with E-state index in [0.717, 1.165) is 45.6 Å². The van der Waals surface area contributed by atoms with Crippen LogP contribution in [0.1, 0.15) is 60.1 Å². The molecule has 1 fully saturated rings. The van der Waals surface area contributed by atoms with Crippen LogP contribution in [0.4, 0.5) is 0 Å². The second-order valence-corrected chi connectivity index (χ2v) is 10.7. The van der Waals surface area contributed by atoms with Gasteiger partial charge in [0.25, 0.3) is 0 Å². The monoisotopic (exact) mass is 534 g/mol. The van der Waals surface area contributed by atoms with E-state index in [1.54, 1.807) is 12.1 Å². The van der Waals surface area contributed by atoms with E-state index in [4.69, 9.17) is 25.8 Å². The van der Waals surface area contributed by atoms with E-state index in [0.29, 0.717) is 16.5 Å². The molecule has 200 valence electrons. The molecule has 4 atom stereocenters. The highest BCUT2D eigenvalue weighted by Gasteiger charge is 2.39. The highest BCUT2D eigenvalue weighted by atomic mass is 35.5. The lowest BCUT2D eigenvalue weighted by Gasteiger charge is -2.42. The van der Waals surface area contributed by atoms with Gasteiger partial charge in [-0.2, -0.15) is 0 Å². The average Bonchev–Trinajstić information content (AvgIpc) is 2.86. The third-order valence-corrected chi connectivity index (χ3v) is 7.62. The number of carbonyl (C=O) groups is 1. The third-order valence-electron chi connectivity index (χ3n) is 7.36. The molecule has 1 aliphatic heterocycles. The zero-order valence-corrected chi connectivity index (χ0v) is 23.3. The minimum atomic E-state index is -1.04. The quantitative estimate of drug-likeness (QED) is 0.294. The van der Waals surface area contributed by atoms with Crippen LogP contribution in [0.2, 0.25) is 5.02 Å². The van der Waals surface area contributed by atoms with E-state index in [-0.39, 0.29) is 24.0 Å². The van der Waals surface area contributed by atoms with Gasteiger partial charge in [0.05, 0.1) is 12.2 Å². The van der Waals surface area contributed by atoms with Gasteiger partial charge in [-0.1, -0.05) is 42.0 Å². The first-order valence-electron chi connectivity index (χ1n) is 12.8. The highest BCUT2D eigenvalue weighted by Crippen LogP contribution is 2.49. The molecule has 3 aromatic rings. The number of carboxylic acid groups (broad SMARTS) is 1. The number of carboxylic acids is 1. The smallest absolute Gasteiger partial charge is 0.341 e. The predicted molar refractivity (Wildman–Crippen MR) is 151 cm³/mol. The Kier molecular flexibility index (Phi) is 8.49. The molecule has 1 aliphatic rings. The zero-order valence-electron chi connectivity index (χ0n) is 22.6. The molecule has 1 N–H and O–H groups in total. The van der Waals surface area contributed by atoms with Crippen molar-refractivity contribution in [1.29, 1.82) is 0 Å². The van der Waals surface area contributed by atoms with Crippen LogP contribution < -0.4 is 9.47 Å². The zero-order chi connectivity index (χ0) is 27.6. The Morgan fingerprint density at radius 1 is 1.08 bits per heavy atom.